The normalized spacial score (nSPS) is 10.5. The molecule has 0 aliphatic heterocycles. The summed E-state index contributed by atoms with van der Waals surface area (Å²) in [6.07, 6.45) is 2.16. The zero-order valence-corrected chi connectivity index (χ0v) is 17.1. The second-order valence-corrected chi connectivity index (χ2v) is 7.23. The lowest BCUT2D eigenvalue weighted by atomic mass is 10.0. The number of nitrogens with one attached hydrogen (secondary N) is 2. The number of anilines is 2. The van der Waals surface area contributed by atoms with Gasteiger partial charge >= 0.3 is 0 Å². The molecule has 0 aliphatic carbocycles. The first kappa shape index (κ1) is 20.2. The van der Waals surface area contributed by atoms with Gasteiger partial charge in [0.2, 0.25) is 0 Å². The van der Waals surface area contributed by atoms with Gasteiger partial charge in [-0.25, -0.2) is 0 Å². The van der Waals surface area contributed by atoms with Crippen molar-refractivity contribution >= 4 is 23.2 Å². The number of amides is 2. The Morgan fingerprint density at radius 2 is 1.52 bits per heavy atom. The number of furan rings is 1. The first-order valence-corrected chi connectivity index (χ1v) is 9.99. The molecule has 2 N–H and O–H groups in total. The van der Waals surface area contributed by atoms with Crippen LogP contribution in [0, 0.1) is 6.92 Å². The Hall–Kier alpha value is -4.12. The molecule has 2 amide bonds. The number of aryl methyl sites for hydroxylation is 1. The molecule has 5 heteroatoms. The van der Waals surface area contributed by atoms with Crippen molar-refractivity contribution in [3.05, 3.63) is 119 Å². The van der Waals surface area contributed by atoms with Crippen molar-refractivity contribution in [2.45, 2.75) is 13.3 Å². The van der Waals surface area contributed by atoms with E-state index in [1.165, 1.54) is 11.8 Å². The summed E-state index contributed by atoms with van der Waals surface area (Å²) in [6, 6.07) is 26.3. The van der Waals surface area contributed by atoms with Crippen molar-refractivity contribution < 1.29 is 14.0 Å². The minimum Gasteiger partial charge on any atom is -0.459 e. The maximum Gasteiger partial charge on any atom is 0.291 e. The molecule has 0 fully saturated rings. The number of carbonyl (C=O) groups is 2. The first-order chi connectivity index (χ1) is 15.1. The summed E-state index contributed by atoms with van der Waals surface area (Å²) >= 11 is 0. The molecule has 0 atom stereocenters. The van der Waals surface area contributed by atoms with Gasteiger partial charge < -0.3 is 15.1 Å². The molecule has 4 aromatic rings. The van der Waals surface area contributed by atoms with Crippen LogP contribution in [0.25, 0.3) is 0 Å². The monoisotopic (exact) mass is 410 g/mol. The first-order valence-electron chi connectivity index (χ1n) is 9.99. The van der Waals surface area contributed by atoms with Crippen molar-refractivity contribution in [2.24, 2.45) is 0 Å². The Morgan fingerprint density at radius 3 is 2.29 bits per heavy atom. The second kappa shape index (κ2) is 9.13. The van der Waals surface area contributed by atoms with Crippen LogP contribution in [0.15, 0.2) is 95.6 Å². The largest absolute Gasteiger partial charge is 0.459 e. The average Bonchev–Trinajstić information content (AvgIpc) is 3.32. The van der Waals surface area contributed by atoms with Gasteiger partial charge in [-0.05, 0) is 60.4 Å². The summed E-state index contributed by atoms with van der Waals surface area (Å²) in [5.74, 6) is -0.392. The van der Waals surface area contributed by atoms with Crippen LogP contribution in [-0.2, 0) is 6.42 Å². The molecule has 0 aliphatic rings. The van der Waals surface area contributed by atoms with Gasteiger partial charge in [-0.1, -0.05) is 54.6 Å². The van der Waals surface area contributed by atoms with Crippen molar-refractivity contribution in [3.63, 3.8) is 0 Å². The SMILES string of the molecule is Cc1ccc(C(=O)Nc2ccccc2Cc2ccccc2)cc1NC(=O)c1ccco1. The highest BCUT2D eigenvalue weighted by atomic mass is 16.3. The van der Waals surface area contributed by atoms with Gasteiger partial charge in [-0.2, -0.15) is 0 Å². The van der Waals surface area contributed by atoms with Gasteiger partial charge in [0, 0.05) is 16.9 Å². The molecule has 154 valence electrons. The molecular formula is C26H22N2O3. The lowest BCUT2D eigenvalue weighted by Gasteiger charge is -2.13. The van der Waals surface area contributed by atoms with E-state index in [-0.39, 0.29) is 17.6 Å². The van der Waals surface area contributed by atoms with Gasteiger partial charge in [-0.15, -0.1) is 0 Å². The van der Waals surface area contributed by atoms with E-state index >= 15 is 0 Å². The Kier molecular flexibility index (Phi) is 5.94. The van der Waals surface area contributed by atoms with E-state index in [2.05, 4.69) is 22.8 Å². The predicted molar refractivity (Wildman–Crippen MR) is 121 cm³/mol. The molecule has 0 saturated heterocycles. The molecule has 1 heterocycles. The van der Waals surface area contributed by atoms with E-state index in [0.717, 1.165) is 23.2 Å². The number of benzene rings is 3. The summed E-state index contributed by atoms with van der Waals surface area (Å²) in [6.45, 7) is 1.87. The zero-order valence-electron chi connectivity index (χ0n) is 17.1. The molecule has 4 rings (SSSR count). The Labute approximate surface area is 180 Å². The fourth-order valence-corrected chi connectivity index (χ4v) is 3.30. The predicted octanol–water partition coefficient (Wildman–Crippen LogP) is 5.68. The maximum atomic E-state index is 13.0. The van der Waals surface area contributed by atoms with Crippen molar-refractivity contribution in [2.75, 3.05) is 10.6 Å². The number of hydrogen-bond acceptors (Lipinski definition) is 3. The zero-order chi connectivity index (χ0) is 21.6. The summed E-state index contributed by atoms with van der Waals surface area (Å²) in [5, 5.41) is 5.81. The van der Waals surface area contributed by atoms with Crippen LogP contribution < -0.4 is 10.6 Å². The quantitative estimate of drug-likeness (QED) is 0.429. The minimum absolute atomic E-state index is 0.212. The molecule has 0 bridgehead atoms. The average molecular weight is 410 g/mol. The van der Waals surface area contributed by atoms with E-state index in [1.54, 1.807) is 24.3 Å². The Morgan fingerprint density at radius 1 is 0.774 bits per heavy atom. The highest BCUT2D eigenvalue weighted by Crippen LogP contribution is 2.22. The lowest BCUT2D eigenvalue weighted by Crippen LogP contribution is -2.16. The molecule has 3 aromatic carbocycles. The van der Waals surface area contributed by atoms with Crippen LogP contribution in [0.3, 0.4) is 0 Å². The number of hydrogen-bond donors (Lipinski definition) is 2. The Balaban J connectivity index is 1.52. The van der Waals surface area contributed by atoms with Gasteiger partial charge in [0.15, 0.2) is 5.76 Å². The third-order valence-corrected chi connectivity index (χ3v) is 5.00. The van der Waals surface area contributed by atoms with Crippen LogP contribution in [0.4, 0.5) is 11.4 Å². The molecular weight excluding hydrogens is 388 g/mol. The van der Waals surface area contributed by atoms with E-state index in [4.69, 9.17) is 4.42 Å². The van der Waals surface area contributed by atoms with Crippen LogP contribution in [-0.4, -0.2) is 11.8 Å². The topological polar surface area (TPSA) is 71.3 Å². The van der Waals surface area contributed by atoms with E-state index < -0.39 is 0 Å². The van der Waals surface area contributed by atoms with Crippen molar-refractivity contribution in [1.29, 1.82) is 0 Å². The van der Waals surface area contributed by atoms with E-state index in [9.17, 15) is 9.59 Å². The molecule has 31 heavy (non-hydrogen) atoms. The molecule has 5 nitrogen and oxygen atoms in total. The third kappa shape index (κ3) is 4.90. The number of rotatable bonds is 6. The third-order valence-electron chi connectivity index (χ3n) is 5.00. The van der Waals surface area contributed by atoms with Gasteiger partial charge in [0.25, 0.3) is 11.8 Å². The summed E-state index contributed by atoms with van der Waals surface area (Å²) in [5.41, 5.74) is 4.82. The minimum atomic E-state index is -0.362. The summed E-state index contributed by atoms with van der Waals surface area (Å²) in [4.78, 5) is 25.3. The molecule has 0 saturated carbocycles. The fraction of sp³-hybridized carbons (Fsp3) is 0.0769. The lowest BCUT2D eigenvalue weighted by molar-refractivity contribution is 0.0993. The molecule has 1 aromatic heterocycles. The summed E-state index contributed by atoms with van der Waals surface area (Å²) < 4.78 is 5.13. The van der Waals surface area contributed by atoms with Crippen LogP contribution in [0.2, 0.25) is 0 Å². The highest BCUT2D eigenvalue weighted by Gasteiger charge is 2.14. The standard InChI is InChI=1S/C26H22N2O3/c1-18-13-14-21(17-23(18)28-26(30)24-12-7-15-31-24)25(29)27-22-11-6-5-10-20(22)16-19-8-3-2-4-9-19/h2-15,17H,16H2,1H3,(H,27,29)(H,28,30). The fourth-order valence-electron chi connectivity index (χ4n) is 3.30. The van der Waals surface area contributed by atoms with Gasteiger partial charge in [0.1, 0.15) is 0 Å². The number of carbonyl (C=O) groups excluding carboxylic acids is 2. The number of para-hydroxylation sites is 1. The second-order valence-electron chi connectivity index (χ2n) is 7.23. The summed E-state index contributed by atoms with van der Waals surface area (Å²) in [7, 11) is 0. The van der Waals surface area contributed by atoms with Crippen LogP contribution >= 0.6 is 0 Å². The van der Waals surface area contributed by atoms with E-state index in [1.807, 2.05) is 55.5 Å². The molecule has 0 unspecified atom stereocenters. The van der Waals surface area contributed by atoms with Crippen molar-refractivity contribution in [1.82, 2.24) is 0 Å². The van der Waals surface area contributed by atoms with E-state index in [0.29, 0.717) is 11.3 Å². The maximum absolute atomic E-state index is 13.0. The van der Waals surface area contributed by atoms with Crippen LogP contribution in [0.5, 0.6) is 0 Å². The van der Waals surface area contributed by atoms with Crippen LogP contribution in [0.1, 0.15) is 37.6 Å². The molecule has 0 spiro atoms. The van der Waals surface area contributed by atoms with Gasteiger partial charge in [0.05, 0.1) is 6.26 Å². The molecule has 0 radical (unpaired) electrons. The van der Waals surface area contributed by atoms with Gasteiger partial charge in [-0.3, -0.25) is 9.59 Å². The Bertz CT molecular complexity index is 1200. The smallest absolute Gasteiger partial charge is 0.291 e. The highest BCUT2D eigenvalue weighted by molar-refractivity contribution is 6.07. The van der Waals surface area contributed by atoms with Crippen molar-refractivity contribution in [3.8, 4) is 0 Å².